The van der Waals surface area contributed by atoms with Crippen molar-refractivity contribution < 1.29 is 0 Å². The van der Waals surface area contributed by atoms with Crippen molar-refractivity contribution in [3.05, 3.63) is 29.8 Å². The molecule has 0 saturated carbocycles. The van der Waals surface area contributed by atoms with Gasteiger partial charge in [0.1, 0.15) is 0 Å². The highest BCUT2D eigenvalue weighted by atomic mass is 15.2. The van der Waals surface area contributed by atoms with Crippen LogP contribution in [-0.2, 0) is 0 Å². The number of nitrogens with two attached hydrogens (primary N) is 1. The van der Waals surface area contributed by atoms with Crippen LogP contribution >= 0.6 is 0 Å². The van der Waals surface area contributed by atoms with Crippen molar-refractivity contribution in [2.24, 2.45) is 5.84 Å². The van der Waals surface area contributed by atoms with E-state index in [2.05, 4.69) is 35.6 Å². The Kier molecular flexibility index (Phi) is 3.23. The van der Waals surface area contributed by atoms with Gasteiger partial charge in [-0.05, 0) is 50.0 Å². The number of nitrogens with zero attached hydrogens (tertiary/aromatic N) is 1. The first-order valence-electron chi connectivity index (χ1n) is 5.54. The fourth-order valence-electron chi connectivity index (χ4n) is 2.32. The zero-order valence-electron chi connectivity index (χ0n) is 9.24. The highest BCUT2D eigenvalue weighted by Crippen LogP contribution is 2.27. The lowest BCUT2D eigenvalue weighted by Crippen LogP contribution is -2.30. The molecule has 0 radical (unpaired) electrons. The second-order valence-electron chi connectivity index (χ2n) is 4.37. The van der Waals surface area contributed by atoms with Gasteiger partial charge in [-0.25, -0.2) is 0 Å². The van der Waals surface area contributed by atoms with Gasteiger partial charge < -0.3 is 10.3 Å². The van der Waals surface area contributed by atoms with Gasteiger partial charge in [0.25, 0.3) is 0 Å². The molecule has 15 heavy (non-hydrogen) atoms. The predicted molar refractivity (Wildman–Crippen MR) is 63.7 cm³/mol. The van der Waals surface area contributed by atoms with Crippen molar-refractivity contribution in [2.75, 3.05) is 25.6 Å². The standard InChI is InChI=1S/C12H19N3/c1-15-7-3-5-11(9-15)10-4-2-6-12(8-10)14-13/h2,4,6,8,11,14H,3,5,7,9,13H2,1H3. The molecule has 1 fully saturated rings. The Labute approximate surface area is 91.2 Å². The number of piperidine rings is 1. The van der Waals surface area contributed by atoms with E-state index in [9.17, 15) is 0 Å². The topological polar surface area (TPSA) is 41.3 Å². The molecule has 0 aromatic heterocycles. The summed E-state index contributed by atoms with van der Waals surface area (Å²) >= 11 is 0. The third-order valence-corrected chi connectivity index (χ3v) is 3.15. The summed E-state index contributed by atoms with van der Waals surface area (Å²) in [7, 11) is 2.19. The van der Waals surface area contributed by atoms with Crippen molar-refractivity contribution in [1.29, 1.82) is 0 Å². The van der Waals surface area contributed by atoms with Gasteiger partial charge in [0.2, 0.25) is 0 Å². The van der Waals surface area contributed by atoms with Gasteiger partial charge in [0.05, 0.1) is 0 Å². The lowest BCUT2D eigenvalue weighted by atomic mass is 9.91. The molecule has 1 aromatic carbocycles. The summed E-state index contributed by atoms with van der Waals surface area (Å²) in [4.78, 5) is 2.40. The Hall–Kier alpha value is -1.06. The van der Waals surface area contributed by atoms with Crippen LogP contribution in [-0.4, -0.2) is 25.0 Å². The molecule has 1 aliphatic heterocycles. The van der Waals surface area contributed by atoms with Crippen molar-refractivity contribution in [3.63, 3.8) is 0 Å². The second-order valence-corrected chi connectivity index (χ2v) is 4.37. The van der Waals surface area contributed by atoms with Crippen LogP contribution in [0, 0.1) is 0 Å². The van der Waals surface area contributed by atoms with E-state index in [4.69, 9.17) is 5.84 Å². The smallest absolute Gasteiger partial charge is 0.0487 e. The molecule has 1 atom stereocenters. The van der Waals surface area contributed by atoms with Gasteiger partial charge in [0, 0.05) is 12.2 Å². The van der Waals surface area contributed by atoms with E-state index in [-0.39, 0.29) is 0 Å². The summed E-state index contributed by atoms with van der Waals surface area (Å²) in [5.41, 5.74) is 5.10. The number of likely N-dealkylation sites (tertiary alicyclic amines) is 1. The van der Waals surface area contributed by atoms with Crippen LogP contribution in [0.25, 0.3) is 0 Å². The van der Waals surface area contributed by atoms with E-state index < -0.39 is 0 Å². The molecule has 82 valence electrons. The molecule has 0 aliphatic carbocycles. The highest BCUT2D eigenvalue weighted by Gasteiger charge is 2.18. The fraction of sp³-hybridized carbons (Fsp3) is 0.500. The minimum absolute atomic E-state index is 0.664. The molecule has 3 N–H and O–H groups in total. The molecule has 1 unspecified atom stereocenters. The average Bonchev–Trinajstić information content (AvgIpc) is 2.29. The number of hydrogen-bond donors (Lipinski definition) is 2. The molecule has 0 spiro atoms. The molecule has 3 nitrogen and oxygen atoms in total. The Morgan fingerprint density at radius 3 is 3.07 bits per heavy atom. The maximum atomic E-state index is 5.42. The Bertz CT molecular complexity index is 324. The van der Waals surface area contributed by atoms with Crippen molar-refractivity contribution in [1.82, 2.24) is 4.90 Å². The number of benzene rings is 1. The third-order valence-electron chi connectivity index (χ3n) is 3.15. The zero-order valence-corrected chi connectivity index (χ0v) is 9.24. The molecule has 3 heteroatoms. The van der Waals surface area contributed by atoms with E-state index in [1.165, 1.54) is 24.9 Å². The molecule has 1 aliphatic rings. The van der Waals surface area contributed by atoms with Crippen LogP contribution in [0.1, 0.15) is 24.3 Å². The number of likely N-dealkylation sites (N-methyl/N-ethyl adjacent to an activating group) is 1. The normalized spacial score (nSPS) is 22.7. The SMILES string of the molecule is CN1CCCC(c2cccc(NN)c2)C1. The van der Waals surface area contributed by atoms with E-state index in [0.717, 1.165) is 12.2 Å². The largest absolute Gasteiger partial charge is 0.324 e. The van der Waals surface area contributed by atoms with Gasteiger partial charge in [-0.3, -0.25) is 5.84 Å². The Balaban J connectivity index is 2.13. The second kappa shape index (κ2) is 4.64. The Morgan fingerprint density at radius 2 is 2.33 bits per heavy atom. The molecule has 1 aromatic rings. The molecular weight excluding hydrogens is 186 g/mol. The van der Waals surface area contributed by atoms with Crippen LogP contribution in [0.15, 0.2) is 24.3 Å². The Morgan fingerprint density at radius 1 is 1.47 bits per heavy atom. The van der Waals surface area contributed by atoms with Crippen LogP contribution in [0.4, 0.5) is 5.69 Å². The number of nitrogen functional groups attached to an aromatic ring is 1. The number of rotatable bonds is 2. The lowest BCUT2D eigenvalue weighted by molar-refractivity contribution is 0.251. The first-order valence-corrected chi connectivity index (χ1v) is 5.54. The maximum absolute atomic E-state index is 5.42. The molecule has 0 amide bonds. The van der Waals surface area contributed by atoms with E-state index in [1.807, 2.05) is 6.07 Å². The first-order chi connectivity index (χ1) is 7.29. The van der Waals surface area contributed by atoms with Gasteiger partial charge in [0.15, 0.2) is 0 Å². The average molecular weight is 205 g/mol. The van der Waals surface area contributed by atoms with Crippen LogP contribution in [0.3, 0.4) is 0 Å². The summed E-state index contributed by atoms with van der Waals surface area (Å²) in [5, 5.41) is 0. The number of nitrogens with one attached hydrogen (secondary N) is 1. The highest BCUT2D eigenvalue weighted by molar-refractivity contribution is 5.45. The molecule has 1 saturated heterocycles. The van der Waals surface area contributed by atoms with Gasteiger partial charge in [-0.2, -0.15) is 0 Å². The summed E-state index contributed by atoms with van der Waals surface area (Å²) in [6.07, 6.45) is 2.58. The van der Waals surface area contributed by atoms with Crippen molar-refractivity contribution >= 4 is 5.69 Å². The van der Waals surface area contributed by atoms with Crippen molar-refractivity contribution in [2.45, 2.75) is 18.8 Å². The van der Waals surface area contributed by atoms with E-state index >= 15 is 0 Å². The van der Waals surface area contributed by atoms with Crippen molar-refractivity contribution in [3.8, 4) is 0 Å². The molecule has 1 heterocycles. The quantitative estimate of drug-likeness (QED) is 0.571. The lowest BCUT2D eigenvalue weighted by Gasteiger charge is -2.30. The minimum atomic E-state index is 0.664. The summed E-state index contributed by atoms with van der Waals surface area (Å²) in [6, 6.07) is 8.42. The number of anilines is 1. The van der Waals surface area contributed by atoms with Gasteiger partial charge in [-0.15, -0.1) is 0 Å². The summed E-state index contributed by atoms with van der Waals surface area (Å²) in [5.74, 6) is 6.08. The number of hydrazine groups is 1. The van der Waals surface area contributed by atoms with E-state index in [1.54, 1.807) is 0 Å². The zero-order chi connectivity index (χ0) is 10.7. The summed E-state index contributed by atoms with van der Waals surface area (Å²) in [6.45, 7) is 2.39. The van der Waals surface area contributed by atoms with Gasteiger partial charge >= 0.3 is 0 Å². The summed E-state index contributed by atoms with van der Waals surface area (Å²) < 4.78 is 0. The maximum Gasteiger partial charge on any atom is 0.0487 e. The monoisotopic (exact) mass is 205 g/mol. The van der Waals surface area contributed by atoms with Gasteiger partial charge in [-0.1, -0.05) is 12.1 Å². The fourth-order valence-corrected chi connectivity index (χ4v) is 2.32. The van der Waals surface area contributed by atoms with Crippen LogP contribution < -0.4 is 11.3 Å². The molecule has 2 rings (SSSR count). The van der Waals surface area contributed by atoms with Crippen LogP contribution in [0.2, 0.25) is 0 Å². The predicted octanol–water partition coefficient (Wildman–Crippen LogP) is 1.78. The molecular formula is C12H19N3. The van der Waals surface area contributed by atoms with E-state index in [0.29, 0.717) is 5.92 Å². The molecule has 0 bridgehead atoms. The first kappa shape index (κ1) is 10.5. The van der Waals surface area contributed by atoms with Crippen LogP contribution in [0.5, 0.6) is 0 Å². The minimum Gasteiger partial charge on any atom is -0.324 e. The number of hydrogen-bond acceptors (Lipinski definition) is 3. The third kappa shape index (κ3) is 2.49.